The van der Waals surface area contributed by atoms with Gasteiger partial charge in [0.05, 0.1) is 13.2 Å². The van der Waals surface area contributed by atoms with E-state index in [2.05, 4.69) is 10.2 Å². The molecule has 1 atom stereocenters. The van der Waals surface area contributed by atoms with E-state index < -0.39 is 19.1 Å². The average Bonchev–Trinajstić information content (AvgIpc) is 3.54. The van der Waals surface area contributed by atoms with Crippen molar-refractivity contribution in [1.29, 1.82) is 0 Å². The Morgan fingerprint density at radius 3 is 2.57 bits per heavy atom. The molecule has 4 rings (SSSR count). The number of likely N-dealkylation sites (tertiary alicyclic amines) is 1. The lowest BCUT2D eigenvalue weighted by molar-refractivity contribution is -0.148. The second-order valence-corrected chi connectivity index (χ2v) is 10.2. The van der Waals surface area contributed by atoms with Crippen molar-refractivity contribution in [3.8, 4) is 5.75 Å². The summed E-state index contributed by atoms with van der Waals surface area (Å²) in [4.78, 5) is 28.4. The fourth-order valence-corrected chi connectivity index (χ4v) is 4.88. The Balaban J connectivity index is 1.27. The molecule has 1 saturated heterocycles. The van der Waals surface area contributed by atoms with Crippen molar-refractivity contribution in [3.05, 3.63) is 58.7 Å². The third kappa shape index (κ3) is 6.91. The maximum Gasteiger partial charge on any atom is 0.492 e. The molecule has 8 nitrogen and oxygen atoms in total. The first-order valence-electron chi connectivity index (χ1n) is 13.2. The van der Waals surface area contributed by atoms with Crippen molar-refractivity contribution in [1.82, 2.24) is 10.2 Å². The number of esters is 1. The van der Waals surface area contributed by atoms with Gasteiger partial charge in [0.15, 0.2) is 0 Å². The molecule has 0 bridgehead atoms. The first-order chi connectivity index (χ1) is 17.8. The van der Waals surface area contributed by atoms with Crippen LogP contribution in [-0.2, 0) is 27.4 Å². The highest BCUT2D eigenvalue weighted by atomic mass is 16.5. The van der Waals surface area contributed by atoms with Crippen LogP contribution >= 0.6 is 0 Å². The molecule has 2 aromatic carbocycles. The van der Waals surface area contributed by atoms with Gasteiger partial charge in [0.1, 0.15) is 18.4 Å². The predicted molar refractivity (Wildman–Crippen MR) is 142 cm³/mol. The Hall–Kier alpha value is -2.88. The molecule has 0 saturated carbocycles. The largest absolute Gasteiger partial charge is 0.494 e. The van der Waals surface area contributed by atoms with Gasteiger partial charge in [-0.15, -0.1) is 0 Å². The number of benzene rings is 2. The van der Waals surface area contributed by atoms with Gasteiger partial charge in [0, 0.05) is 12.1 Å². The number of hydrogen-bond donors (Lipinski definition) is 2. The molecule has 37 heavy (non-hydrogen) atoms. The highest BCUT2D eigenvalue weighted by molar-refractivity contribution is 6.62. The Morgan fingerprint density at radius 1 is 1.14 bits per heavy atom. The van der Waals surface area contributed by atoms with Crippen molar-refractivity contribution < 1.29 is 28.7 Å². The minimum atomic E-state index is -1.04. The van der Waals surface area contributed by atoms with E-state index in [9.17, 15) is 14.6 Å². The van der Waals surface area contributed by atoms with E-state index in [1.54, 1.807) is 19.1 Å². The number of amides is 1. The third-order valence-corrected chi connectivity index (χ3v) is 7.09. The van der Waals surface area contributed by atoms with Crippen molar-refractivity contribution >= 4 is 24.5 Å². The lowest BCUT2D eigenvalue weighted by atomic mass is 9.75. The Morgan fingerprint density at radius 2 is 1.86 bits per heavy atom. The summed E-state index contributed by atoms with van der Waals surface area (Å²) in [7, 11) is -1.04. The lowest BCUT2D eigenvalue weighted by Gasteiger charge is -2.22. The zero-order valence-corrected chi connectivity index (χ0v) is 22.0. The van der Waals surface area contributed by atoms with Crippen LogP contribution in [0.5, 0.6) is 5.75 Å². The molecule has 2 aliphatic heterocycles. The summed E-state index contributed by atoms with van der Waals surface area (Å²) < 4.78 is 16.6. The van der Waals surface area contributed by atoms with E-state index in [1.807, 2.05) is 38.1 Å². The predicted octanol–water partition coefficient (Wildman–Crippen LogP) is 2.58. The standard InChI is InChI=1S/C28H37BN2O6/c1-19(2)26(30-27(32)24-12-9-22-18-37-29(34)25(22)20(24)3)28(33)36-17-21-7-10-23(11-8-21)35-16-6-15-31-13-4-5-14-31/h7-12,19,26,34H,4-6,13-18H2,1-3H3,(H,30,32)/t26-/m0/s1. The monoisotopic (exact) mass is 508 g/mol. The highest BCUT2D eigenvalue weighted by Crippen LogP contribution is 2.18. The number of carbonyl (C=O) groups excluding carboxylic acids is 2. The molecule has 0 aromatic heterocycles. The summed E-state index contributed by atoms with van der Waals surface area (Å²) in [5, 5.41) is 12.9. The first kappa shape index (κ1) is 27.2. The van der Waals surface area contributed by atoms with Gasteiger partial charge in [0.2, 0.25) is 0 Å². The average molecular weight is 508 g/mol. The number of hydrogen-bond acceptors (Lipinski definition) is 7. The molecule has 9 heteroatoms. The van der Waals surface area contributed by atoms with E-state index in [0.29, 0.717) is 29.8 Å². The molecular formula is C28H37BN2O6. The SMILES string of the molecule is Cc1c(C(=O)N[C@H](C(=O)OCc2ccc(OCCCN3CCCC3)cc2)C(C)C)ccc2c1B(O)OC2. The maximum atomic E-state index is 13.0. The second kappa shape index (κ2) is 12.6. The van der Waals surface area contributed by atoms with E-state index in [1.165, 1.54) is 25.9 Å². The van der Waals surface area contributed by atoms with Crippen LogP contribution in [0.2, 0.25) is 0 Å². The number of fused-ring (bicyclic) bond motifs is 1. The Labute approximate surface area is 219 Å². The van der Waals surface area contributed by atoms with Gasteiger partial charge in [0.25, 0.3) is 5.91 Å². The molecule has 2 heterocycles. The molecule has 1 fully saturated rings. The van der Waals surface area contributed by atoms with Gasteiger partial charge in [-0.25, -0.2) is 4.79 Å². The van der Waals surface area contributed by atoms with Gasteiger partial charge in [-0.05, 0) is 85.5 Å². The number of nitrogens with zero attached hydrogens (tertiary/aromatic N) is 1. The topological polar surface area (TPSA) is 97.3 Å². The smallest absolute Gasteiger partial charge is 0.492 e. The van der Waals surface area contributed by atoms with E-state index >= 15 is 0 Å². The summed E-state index contributed by atoms with van der Waals surface area (Å²) in [6, 6.07) is 10.2. The molecule has 2 N–H and O–H groups in total. The van der Waals surface area contributed by atoms with E-state index in [-0.39, 0.29) is 18.4 Å². The van der Waals surface area contributed by atoms with Crippen LogP contribution in [0.15, 0.2) is 36.4 Å². The molecule has 2 aliphatic rings. The minimum absolute atomic E-state index is 0.106. The number of ether oxygens (including phenoxy) is 2. The van der Waals surface area contributed by atoms with Crippen LogP contribution in [-0.4, -0.2) is 61.2 Å². The summed E-state index contributed by atoms with van der Waals surface area (Å²) >= 11 is 0. The summed E-state index contributed by atoms with van der Waals surface area (Å²) in [6.07, 6.45) is 3.60. The summed E-state index contributed by atoms with van der Waals surface area (Å²) in [6.45, 7) is 10.0. The Bertz CT molecular complexity index is 1080. The van der Waals surface area contributed by atoms with Crippen molar-refractivity contribution in [3.63, 3.8) is 0 Å². The van der Waals surface area contributed by atoms with Gasteiger partial charge in [-0.1, -0.05) is 32.0 Å². The maximum absolute atomic E-state index is 13.0. The van der Waals surface area contributed by atoms with Gasteiger partial charge < -0.3 is 29.4 Å². The van der Waals surface area contributed by atoms with Crippen LogP contribution in [0.1, 0.15) is 60.2 Å². The molecule has 0 spiro atoms. The zero-order valence-electron chi connectivity index (χ0n) is 22.0. The summed E-state index contributed by atoms with van der Waals surface area (Å²) in [5.41, 5.74) is 3.37. The second-order valence-electron chi connectivity index (χ2n) is 10.2. The molecule has 2 aromatic rings. The number of rotatable bonds is 11. The van der Waals surface area contributed by atoms with Gasteiger partial charge in [-0.2, -0.15) is 0 Å². The van der Waals surface area contributed by atoms with Crippen molar-refractivity contribution in [2.24, 2.45) is 5.92 Å². The zero-order chi connectivity index (χ0) is 26.4. The Kier molecular flexibility index (Phi) is 9.24. The molecule has 0 aliphatic carbocycles. The minimum Gasteiger partial charge on any atom is -0.494 e. The normalized spacial score (nSPS) is 16.1. The van der Waals surface area contributed by atoms with Gasteiger partial charge >= 0.3 is 13.1 Å². The molecule has 0 radical (unpaired) electrons. The van der Waals surface area contributed by atoms with Crippen LogP contribution in [0.25, 0.3) is 0 Å². The highest BCUT2D eigenvalue weighted by Gasteiger charge is 2.32. The quantitative estimate of drug-likeness (QED) is 0.274. The third-order valence-electron chi connectivity index (χ3n) is 7.09. The van der Waals surface area contributed by atoms with Crippen LogP contribution in [0.4, 0.5) is 0 Å². The summed E-state index contributed by atoms with van der Waals surface area (Å²) in [5.74, 6) is -0.255. The fourth-order valence-electron chi connectivity index (χ4n) is 4.88. The molecular weight excluding hydrogens is 471 g/mol. The molecule has 1 amide bonds. The van der Waals surface area contributed by atoms with Crippen LogP contribution in [0.3, 0.4) is 0 Å². The van der Waals surface area contributed by atoms with Crippen molar-refractivity contribution in [2.75, 3.05) is 26.2 Å². The number of nitrogens with one attached hydrogen (secondary N) is 1. The lowest BCUT2D eigenvalue weighted by Crippen LogP contribution is -2.46. The van der Waals surface area contributed by atoms with Gasteiger partial charge in [-0.3, -0.25) is 4.79 Å². The number of carbonyl (C=O) groups is 2. The first-order valence-corrected chi connectivity index (χ1v) is 13.2. The van der Waals surface area contributed by atoms with Crippen LogP contribution in [0, 0.1) is 12.8 Å². The van der Waals surface area contributed by atoms with E-state index in [0.717, 1.165) is 29.8 Å². The van der Waals surface area contributed by atoms with Crippen LogP contribution < -0.4 is 15.5 Å². The fraction of sp³-hybridized carbons (Fsp3) is 0.500. The van der Waals surface area contributed by atoms with E-state index in [4.69, 9.17) is 14.1 Å². The molecule has 198 valence electrons. The van der Waals surface area contributed by atoms with Crippen molar-refractivity contribution in [2.45, 2.75) is 59.3 Å². The molecule has 0 unspecified atom stereocenters.